The molecule has 0 saturated heterocycles. The first-order valence-corrected chi connectivity index (χ1v) is 6.63. The van der Waals surface area contributed by atoms with Crippen LogP contribution in [0.4, 0.5) is 4.39 Å². The Balaban J connectivity index is 2.61. The zero-order valence-corrected chi connectivity index (χ0v) is 11.8. The Kier molecular flexibility index (Phi) is 6.50. The van der Waals surface area contributed by atoms with Crippen LogP contribution in [0.15, 0.2) is 18.2 Å². The number of ketones is 1. The van der Waals surface area contributed by atoms with Gasteiger partial charge in [0.15, 0.2) is 0 Å². The molecule has 0 spiro atoms. The van der Waals surface area contributed by atoms with Crippen LogP contribution < -0.4 is 10.1 Å². The van der Waals surface area contributed by atoms with Crippen LogP contribution in [0.2, 0.25) is 0 Å². The molecule has 1 aromatic carbocycles. The summed E-state index contributed by atoms with van der Waals surface area (Å²) >= 11 is 0. The fourth-order valence-corrected chi connectivity index (χ4v) is 1.65. The Labute approximate surface area is 114 Å². The van der Waals surface area contributed by atoms with Gasteiger partial charge < -0.3 is 10.1 Å². The molecule has 0 amide bonds. The third-order valence-corrected chi connectivity index (χ3v) is 2.92. The zero-order chi connectivity index (χ0) is 14.3. The van der Waals surface area contributed by atoms with E-state index in [-0.39, 0.29) is 17.5 Å². The van der Waals surface area contributed by atoms with Crippen molar-refractivity contribution in [1.82, 2.24) is 5.32 Å². The maximum absolute atomic E-state index is 13.6. The predicted octanol–water partition coefficient (Wildman–Crippen LogP) is 2.58. The summed E-state index contributed by atoms with van der Waals surface area (Å²) in [6.45, 7) is 4.98. The van der Waals surface area contributed by atoms with Crippen LogP contribution in [0.25, 0.3) is 0 Å². The van der Waals surface area contributed by atoms with Crippen LogP contribution in [0.5, 0.6) is 5.75 Å². The molecule has 0 bridgehead atoms. The molecule has 0 fully saturated rings. The Hall–Kier alpha value is -1.42. The zero-order valence-electron chi connectivity index (χ0n) is 11.8. The Morgan fingerprint density at radius 2 is 2.16 bits per heavy atom. The van der Waals surface area contributed by atoms with Crippen LogP contribution in [-0.2, 0) is 11.2 Å². The minimum atomic E-state index is -0.280. The highest BCUT2D eigenvalue weighted by molar-refractivity contribution is 5.80. The van der Waals surface area contributed by atoms with Gasteiger partial charge in [0.25, 0.3) is 0 Å². The molecule has 0 atom stereocenters. The smallest absolute Gasteiger partial charge is 0.135 e. The van der Waals surface area contributed by atoms with Gasteiger partial charge in [-0.1, -0.05) is 13.8 Å². The van der Waals surface area contributed by atoms with Crippen molar-refractivity contribution in [3.8, 4) is 5.75 Å². The van der Waals surface area contributed by atoms with E-state index in [1.807, 2.05) is 20.9 Å². The lowest BCUT2D eigenvalue weighted by atomic mass is 10.0. The lowest BCUT2D eigenvalue weighted by Gasteiger charge is -2.09. The van der Waals surface area contributed by atoms with Gasteiger partial charge in [0.2, 0.25) is 0 Å². The number of likely N-dealkylation sites (N-methyl/N-ethyl adjacent to an activating group) is 1. The Morgan fingerprint density at radius 3 is 2.79 bits per heavy atom. The first-order valence-electron chi connectivity index (χ1n) is 6.63. The first kappa shape index (κ1) is 15.6. The van der Waals surface area contributed by atoms with Gasteiger partial charge in [0.05, 0.1) is 0 Å². The van der Waals surface area contributed by atoms with Crippen molar-refractivity contribution < 1.29 is 13.9 Å². The lowest BCUT2D eigenvalue weighted by Crippen LogP contribution is -2.16. The van der Waals surface area contributed by atoms with Crippen LogP contribution in [0.1, 0.15) is 25.8 Å². The summed E-state index contributed by atoms with van der Waals surface area (Å²) in [5.41, 5.74) is 0.538. The minimum absolute atomic E-state index is 0.00174. The molecule has 1 rings (SSSR count). The van der Waals surface area contributed by atoms with Crippen molar-refractivity contribution in [2.24, 2.45) is 5.92 Å². The number of carbonyl (C=O) groups excluding carboxylic acids is 1. The van der Waals surface area contributed by atoms with Gasteiger partial charge in [0, 0.05) is 18.9 Å². The van der Waals surface area contributed by atoms with Gasteiger partial charge in [-0.3, -0.25) is 4.79 Å². The Morgan fingerprint density at radius 1 is 1.42 bits per heavy atom. The average Bonchev–Trinajstić information content (AvgIpc) is 2.38. The molecule has 0 unspecified atom stereocenters. The maximum atomic E-state index is 13.6. The average molecular weight is 267 g/mol. The molecule has 106 valence electrons. The number of halogens is 1. The first-order chi connectivity index (χ1) is 9.04. The van der Waals surface area contributed by atoms with Gasteiger partial charge in [-0.2, -0.15) is 0 Å². The van der Waals surface area contributed by atoms with E-state index >= 15 is 0 Å². The van der Waals surface area contributed by atoms with Gasteiger partial charge in [-0.05, 0) is 37.2 Å². The summed E-state index contributed by atoms with van der Waals surface area (Å²) in [4.78, 5) is 11.6. The number of Topliss-reactive ketones (excluding diaryl/α,β-unsaturated/α-hetero) is 1. The van der Waals surface area contributed by atoms with Gasteiger partial charge in [-0.25, -0.2) is 4.39 Å². The van der Waals surface area contributed by atoms with Crippen LogP contribution in [0, 0.1) is 11.7 Å². The molecule has 0 aliphatic carbocycles. The van der Waals surface area contributed by atoms with E-state index in [0.29, 0.717) is 30.8 Å². The van der Waals surface area contributed by atoms with Gasteiger partial charge >= 0.3 is 0 Å². The van der Waals surface area contributed by atoms with Crippen molar-refractivity contribution in [2.45, 2.75) is 26.7 Å². The van der Waals surface area contributed by atoms with Crippen molar-refractivity contribution in [2.75, 3.05) is 20.2 Å². The number of ether oxygens (including phenoxy) is 1. The van der Waals surface area contributed by atoms with E-state index in [1.54, 1.807) is 12.1 Å². The summed E-state index contributed by atoms with van der Waals surface area (Å²) in [5.74, 6) is 0.514. The molecule has 3 nitrogen and oxygen atoms in total. The van der Waals surface area contributed by atoms with E-state index in [0.717, 1.165) is 6.54 Å². The second kappa shape index (κ2) is 7.89. The number of hydrogen-bond acceptors (Lipinski definition) is 3. The summed E-state index contributed by atoms with van der Waals surface area (Å²) in [7, 11) is 1.84. The van der Waals surface area contributed by atoms with E-state index < -0.39 is 0 Å². The highest BCUT2D eigenvalue weighted by Crippen LogP contribution is 2.19. The molecular weight excluding hydrogens is 245 g/mol. The monoisotopic (exact) mass is 267 g/mol. The second-order valence-electron chi connectivity index (χ2n) is 4.83. The van der Waals surface area contributed by atoms with Gasteiger partial charge in [-0.15, -0.1) is 0 Å². The topological polar surface area (TPSA) is 38.3 Å². The van der Waals surface area contributed by atoms with Crippen LogP contribution in [0.3, 0.4) is 0 Å². The van der Waals surface area contributed by atoms with E-state index in [2.05, 4.69) is 5.32 Å². The molecule has 1 aromatic rings. The quantitative estimate of drug-likeness (QED) is 0.736. The highest BCUT2D eigenvalue weighted by Gasteiger charge is 2.10. The Bertz CT molecular complexity index is 419. The van der Waals surface area contributed by atoms with E-state index in [4.69, 9.17) is 4.74 Å². The van der Waals surface area contributed by atoms with E-state index in [1.165, 1.54) is 6.07 Å². The number of hydrogen-bond donors (Lipinski definition) is 1. The maximum Gasteiger partial charge on any atom is 0.135 e. The minimum Gasteiger partial charge on any atom is -0.492 e. The van der Waals surface area contributed by atoms with E-state index in [9.17, 15) is 9.18 Å². The predicted molar refractivity (Wildman–Crippen MR) is 74.0 cm³/mol. The number of carbonyl (C=O) groups is 1. The molecule has 0 heterocycles. The molecule has 1 N–H and O–H groups in total. The van der Waals surface area contributed by atoms with Crippen LogP contribution in [-0.4, -0.2) is 26.0 Å². The van der Waals surface area contributed by atoms with Gasteiger partial charge in [0.1, 0.15) is 24.0 Å². The van der Waals surface area contributed by atoms with Crippen molar-refractivity contribution in [3.63, 3.8) is 0 Å². The third-order valence-electron chi connectivity index (χ3n) is 2.92. The summed E-state index contributed by atoms with van der Waals surface area (Å²) in [6.07, 6.45) is 0.792. The summed E-state index contributed by atoms with van der Waals surface area (Å²) in [5, 5.41) is 2.97. The summed E-state index contributed by atoms with van der Waals surface area (Å²) < 4.78 is 19.1. The van der Waals surface area contributed by atoms with Crippen molar-refractivity contribution >= 4 is 5.78 Å². The normalized spacial score (nSPS) is 10.8. The fraction of sp³-hybridized carbons (Fsp3) is 0.533. The SMILES string of the molecule is CNCCOc1ccc(F)c(CCC(=O)C(C)C)c1. The number of benzene rings is 1. The molecule has 4 heteroatoms. The summed E-state index contributed by atoms with van der Waals surface area (Å²) in [6, 6.07) is 4.68. The standard InChI is InChI=1S/C15H22FNO2/c1-11(2)15(18)7-4-12-10-13(5-6-14(12)16)19-9-8-17-3/h5-6,10-11,17H,4,7-9H2,1-3H3. The lowest BCUT2D eigenvalue weighted by molar-refractivity contribution is -0.121. The van der Waals surface area contributed by atoms with Crippen LogP contribution >= 0.6 is 0 Å². The highest BCUT2D eigenvalue weighted by atomic mass is 19.1. The molecule has 0 radical (unpaired) electrons. The number of nitrogens with one attached hydrogen (secondary N) is 1. The molecular formula is C15H22FNO2. The third kappa shape index (κ3) is 5.39. The van der Waals surface area contributed by atoms with Crippen molar-refractivity contribution in [3.05, 3.63) is 29.6 Å². The molecule has 0 aliphatic rings. The largest absolute Gasteiger partial charge is 0.492 e. The molecule has 0 saturated carbocycles. The molecule has 0 aliphatic heterocycles. The van der Waals surface area contributed by atoms with Crippen molar-refractivity contribution in [1.29, 1.82) is 0 Å². The number of rotatable bonds is 8. The fourth-order valence-electron chi connectivity index (χ4n) is 1.65. The number of aryl methyl sites for hydroxylation is 1. The molecule has 19 heavy (non-hydrogen) atoms. The second-order valence-corrected chi connectivity index (χ2v) is 4.83. The molecule has 0 aromatic heterocycles.